The SMILES string of the molecule is C=CC(=C)CC/C=C(/C)CC/C=C(\C)C(=O)OC. The van der Waals surface area contributed by atoms with Gasteiger partial charge in [0.1, 0.15) is 0 Å². The Balaban J connectivity index is 3.99. The van der Waals surface area contributed by atoms with Crippen LogP contribution in [0.2, 0.25) is 0 Å². The van der Waals surface area contributed by atoms with Crippen LogP contribution in [0.5, 0.6) is 0 Å². The van der Waals surface area contributed by atoms with Crippen LogP contribution in [-0.2, 0) is 9.53 Å². The van der Waals surface area contributed by atoms with Crippen LogP contribution in [0.3, 0.4) is 0 Å². The number of hydrogen-bond donors (Lipinski definition) is 0. The first kappa shape index (κ1) is 16.4. The van der Waals surface area contributed by atoms with E-state index < -0.39 is 0 Å². The van der Waals surface area contributed by atoms with Gasteiger partial charge in [0.2, 0.25) is 0 Å². The molecular formula is C16H24O2. The van der Waals surface area contributed by atoms with Crippen molar-refractivity contribution in [1.29, 1.82) is 0 Å². The van der Waals surface area contributed by atoms with Crippen LogP contribution in [0, 0.1) is 0 Å². The summed E-state index contributed by atoms with van der Waals surface area (Å²) in [7, 11) is 1.40. The fourth-order valence-corrected chi connectivity index (χ4v) is 1.47. The molecule has 0 aliphatic rings. The Bertz CT molecular complexity index is 359. The standard InChI is InChI=1S/C16H24O2/c1-6-13(2)9-7-10-14(3)11-8-12-15(4)16(17)18-5/h6,10,12H,1-2,7-9,11H2,3-5H3/b14-10-,15-12+. The highest BCUT2D eigenvalue weighted by Gasteiger charge is 2.01. The number of esters is 1. The maximum absolute atomic E-state index is 11.1. The molecule has 0 saturated carbocycles. The van der Waals surface area contributed by atoms with Crippen molar-refractivity contribution >= 4 is 5.97 Å². The minimum atomic E-state index is -0.251. The summed E-state index contributed by atoms with van der Waals surface area (Å²) in [5, 5.41) is 0. The second-order valence-corrected chi connectivity index (χ2v) is 4.37. The highest BCUT2D eigenvalue weighted by molar-refractivity contribution is 5.87. The molecule has 0 bridgehead atoms. The van der Waals surface area contributed by atoms with Crippen LogP contribution >= 0.6 is 0 Å². The molecule has 0 saturated heterocycles. The predicted octanol–water partition coefficient (Wildman–Crippen LogP) is 4.35. The van der Waals surface area contributed by atoms with Crippen LogP contribution in [-0.4, -0.2) is 13.1 Å². The summed E-state index contributed by atoms with van der Waals surface area (Å²) < 4.78 is 4.63. The Labute approximate surface area is 111 Å². The van der Waals surface area contributed by atoms with Gasteiger partial charge in [0.05, 0.1) is 7.11 Å². The van der Waals surface area contributed by atoms with Crippen molar-refractivity contribution in [2.75, 3.05) is 7.11 Å². The first-order valence-electron chi connectivity index (χ1n) is 6.22. The van der Waals surface area contributed by atoms with E-state index in [1.807, 2.05) is 6.08 Å². The van der Waals surface area contributed by atoms with Crippen molar-refractivity contribution in [2.45, 2.75) is 39.5 Å². The molecule has 0 amide bonds. The number of carbonyl (C=O) groups is 1. The molecular weight excluding hydrogens is 224 g/mol. The Morgan fingerprint density at radius 1 is 1.17 bits per heavy atom. The van der Waals surface area contributed by atoms with Gasteiger partial charge in [-0.2, -0.15) is 0 Å². The highest BCUT2D eigenvalue weighted by atomic mass is 16.5. The molecule has 0 spiro atoms. The van der Waals surface area contributed by atoms with Gasteiger partial charge in [0, 0.05) is 5.57 Å². The summed E-state index contributed by atoms with van der Waals surface area (Å²) in [4.78, 5) is 11.1. The van der Waals surface area contributed by atoms with Gasteiger partial charge in [0.15, 0.2) is 0 Å². The third-order valence-corrected chi connectivity index (χ3v) is 2.74. The van der Waals surface area contributed by atoms with Crippen LogP contribution < -0.4 is 0 Å². The summed E-state index contributed by atoms with van der Waals surface area (Å²) in [6.45, 7) is 11.4. The van der Waals surface area contributed by atoms with Gasteiger partial charge >= 0.3 is 5.97 Å². The number of rotatable bonds is 8. The average Bonchev–Trinajstić information content (AvgIpc) is 2.37. The molecule has 0 heterocycles. The quantitative estimate of drug-likeness (QED) is 0.276. The summed E-state index contributed by atoms with van der Waals surface area (Å²) in [5.41, 5.74) is 3.08. The van der Waals surface area contributed by atoms with Crippen LogP contribution in [0.15, 0.2) is 48.1 Å². The van der Waals surface area contributed by atoms with E-state index in [2.05, 4.69) is 30.9 Å². The van der Waals surface area contributed by atoms with E-state index >= 15 is 0 Å². The molecule has 0 aromatic heterocycles. The van der Waals surface area contributed by atoms with Gasteiger partial charge in [-0.3, -0.25) is 0 Å². The zero-order valence-corrected chi connectivity index (χ0v) is 11.8. The number of methoxy groups -OCH3 is 1. The van der Waals surface area contributed by atoms with Crippen LogP contribution in [0.1, 0.15) is 39.5 Å². The topological polar surface area (TPSA) is 26.3 Å². The lowest BCUT2D eigenvalue weighted by Gasteiger charge is -2.01. The molecule has 0 aromatic rings. The molecule has 18 heavy (non-hydrogen) atoms. The Morgan fingerprint density at radius 2 is 1.78 bits per heavy atom. The molecule has 2 heteroatoms. The fourth-order valence-electron chi connectivity index (χ4n) is 1.47. The van der Waals surface area contributed by atoms with E-state index in [9.17, 15) is 4.79 Å². The predicted molar refractivity (Wildman–Crippen MR) is 77.3 cm³/mol. The van der Waals surface area contributed by atoms with E-state index in [0.29, 0.717) is 5.57 Å². The molecule has 0 atom stereocenters. The van der Waals surface area contributed by atoms with E-state index in [1.54, 1.807) is 13.0 Å². The van der Waals surface area contributed by atoms with Gasteiger partial charge in [0.25, 0.3) is 0 Å². The lowest BCUT2D eigenvalue weighted by Crippen LogP contribution is -2.01. The van der Waals surface area contributed by atoms with Crippen molar-refractivity contribution in [1.82, 2.24) is 0 Å². The molecule has 0 N–H and O–H groups in total. The summed E-state index contributed by atoms with van der Waals surface area (Å²) >= 11 is 0. The van der Waals surface area contributed by atoms with E-state index in [1.165, 1.54) is 12.7 Å². The zero-order chi connectivity index (χ0) is 14.0. The minimum absolute atomic E-state index is 0.251. The molecule has 0 unspecified atom stereocenters. The van der Waals surface area contributed by atoms with Gasteiger partial charge < -0.3 is 4.74 Å². The van der Waals surface area contributed by atoms with Crippen molar-refractivity contribution in [2.24, 2.45) is 0 Å². The number of allylic oxidation sites excluding steroid dienone is 5. The molecule has 0 rings (SSSR count). The maximum atomic E-state index is 11.1. The van der Waals surface area contributed by atoms with Crippen molar-refractivity contribution in [3.05, 3.63) is 48.1 Å². The number of carbonyl (C=O) groups excluding carboxylic acids is 1. The van der Waals surface area contributed by atoms with Gasteiger partial charge in [-0.05, 0) is 39.5 Å². The molecule has 0 aliphatic heterocycles. The van der Waals surface area contributed by atoms with Gasteiger partial charge in [-0.25, -0.2) is 4.79 Å². The Morgan fingerprint density at radius 3 is 2.33 bits per heavy atom. The molecule has 2 nitrogen and oxygen atoms in total. The minimum Gasteiger partial charge on any atom is -0.466 e. The molecule has 0 aromatic carbocycles. The number of ether oxygens (including phenoxy) is 1. The Hall–Kier alpha value is -1.57. The lowest BCUT2D eigenvalue weighted by atomic mass is 10.1. The van der Waals surface area contributed by atoms with E-state index in [4.69, 9.17) is 0 Å². The smallest absolute Gasteiger partial charge is 0.333 e. The average molecular weight is 248 g/mol. The van der Waals surface area contributed by atoms with E-state index in [-0.39, 0.29) is 5.97 Å². The third kappa shape index (κ3) is 7.66. The van der Waals surface area contributed by atoms with Crippen molar-refractivity contribution in [3.63, 3.8) is 0 Å². The van der Waals surface area contributed by atoms with Gasteiger partial charge in [-0.15, -0.1) is 0 Å². The van der Waals surface area contributed by atoms with E-state index in [0.717, 1.165) is 31.3 Å². The fraction of sp³-hybridized carbons (Fsp3) is 0.438. The lowest BCUT2D eigenvalue weighted by molar-refractivity contribution is -0.136. The summed E-state index contributed by atoms with van der Waals surface area (Å²) in [6, 6.07) is 0. The monoisotopic (exact) mass is 248 g/mol. The molecule has 0 aliphatic carbocycles. The van der Waals surface area contributed by atoms with Gasteiger partial charge in [-0.1, -0.05) is 42.5 Å². The molecule has 100 valence electrons. The zero-order valence-electron chi connectivity index (χ0n) is 11.8. The van der Waals surface area contributed by atoms with Crippen LogP contribution in [0.25, 0.3) is 0 Å². The molecule has 0 fully saturated rings. The van der Waals surface area contributed by atoms with Crippen molar-refractivity contribution in [3.8, 4) is 0 Å². The third-order valence-electron chi connectivity index (χ3n) is 2.74. The molecule has 0 radical (unpaired) electrons. The summed E-state index contributed by atoms with van der Waals surface area (Å²) in [6.07, 6.45) is 9.72. The highest BCUT2D eigenvalue weighted by Crippen LogP contribution is 2.11. The first-order chi connectivity index (χ1) is 8.51. The second-order valence-electron chi connectivity index (χ2n) is 4.37. The Kier molecular flexibility index (Phi) is 8.63. The summed E-state index contributed by atoms with van der Waals surface area (Å²) in [5.74, 6) is -0.251. The second kappa shape index (κ2) is 9.46. The number of hydrogen-bond acceptors (Lipinski definition) is 2. The normalized spacial score (nSPS) is 12.2. The largest absolute Gasteiger partial charge is 0.466 e. The van der Waals surface area contributed by atoms with Crippen LogP contribution in [0.4, 0.5) is 0 Å². The maximum Gasteiger partial charge on any atom is 0.333 e. The first-order valence-corrected chi connectivity index (χ1v) is 6.22. The van der Waals surface area contributed by atoms with Crippen molar-refractivity contribution < 1.29 is 9.53 Å².